The molecule has 0 fully saturated rings. The summed E-state index contributed by atoms with van der Waals surface area (Å²) in [5.74, 6) is 0.639. The number of amides is 1. The molecule has 0 spiro atoms. The molecule has 0 aliphatic heterocycles. The van der Waals surface area contributed by atoms with Crippen LogP contribution >= 0.6 is 0 Å². The topological polar surface area (TPSA) is 99.7 Å². The van der Waals surface area contributed by atoms with Gasteiger partial charge in [-0.3, -0.25) is 9.78 Å². The van der Waals surface area contributed by atoms with Crippen molar-refractivity contribution in [2.24, 2.45) is 0 Å². The molecule has 1 amide bonds. The van der Waals surface area contributed by atoms with Crippen molar-refractivity contribution in [3.8, 4) is 34.1 Å². The SMILES string of the molecule is O=CN(Cc1cccnc1)c1c(-c2ccc(O)cc2)noc1-c1ccc(O)cc1. The zero-order valence-electron chi connectivity index (χ0n) is 15.3. The van der Waals surface area contributed by atoms with Crippen molar-refractivity contribution in [1.82, 2.24) is 10.1 Å². The Morgan fingerprint density at radius 3 is 2.17 bits per heavy atom. The molecule has 0 unspecified atom stereocenters. The average Bonchev–Trinajstić information content (AvgIpc) is 3.19. The first-order valence-corrected chi connectivity index (χ1v) is 8.85. The van der Waals surface area contributed by atoms with Crippen molar-refractivity contribution in [2.45, 2.75) is 6.54 Å². The fraction of sp³-hybridized carbons (Fsp3) is 0.0455. The highest BCUT2D eigenvalue weighted by Crippen LogP contribution is 2.40. The Morgan fingerprint density at radius 1 is 0.931 bits per heavy atom. The number of hydrogen-bond acceptors (Lipinski definition) is 6. The van der Waals surface area contributed by atoms with Crippen molar-refractivity contribution < 1.29 is 19.5 Å². The van der Waals surface area contributed by atoms with Crippen LogP contribution in [-0.2, 0) is 11.3 Å². The van der Waals surface area contributed by atoms with E-state index >= 15 is 0 Å². The maximum Gasteiger partial charge on any atom is 0.214 e. The van der Waals surface area contributed by atoms with Gasteiger partial charge in [-0.25, -0.2) is 0 Å². The number of pyridine rings is 1. The number of rotatable bonds is 6. The Morgan fingerprint density at radius 2 is 1.59 bits per heavy atom. The lowest BCUT2D eigenvalue weighted by atomic mass is 10.1. The number of anilines is 1. The van der Waals surface area contributed by atoms with Gasteiger partial charge in [0, 0.05) is 23.5 Å². The van der Waals surface area contributed by atoms with Crippen LogP contribution in [0.4, 0.5) is 5.69 Å². The normalized spacial score (nSPS) is 10.6. The van der Waals surface area contributed by atoms with Gasteiger partial charge in [-0.1, -0.05) is 11.2 Å². The van der Waals surface area contributed by atoms with E-state index in [4.69, 9.17) is 4.52 Å². The molecule has 4 aromatic rings. The Bertz CT molecular complexity index is 1040. The van der Waals surface area contributed by atoms with Crippen LogP contribution in [0.1, 0.15) is 5.56 Å². The fourth-order valence-corrected chi connectivity index (χ4v) is 3.02. The number of aromatic nitrogens is 2. The summed E-state index contributed by atoms with van der Waals surface area (Å²) in [6.07, 6.45) is 4.07. The van der Waals surface area contributed by atoms with Crippen LogP contribution in [-0.4, -0.2) is 26.8 Å². The molecule has 0 aliphatic carbocycles. The van der Waals surface area contributed by atoms with E-state index in [1.807, 2.05) is 6.07 Å². The lowest BCUT2D eigenvalue weighted by Gasteiger charge is -2.18. The van der Waals surface area contributed by atoms with Crippen molar-refractivity contribution in [3.63, 3.8) is 0 Å². The number of aromatic hydroxyl groups is 2. The largest absolute Gasteiger partial charge is 0.508 e. The molecule has 4 rings (SSSR count). The standard InChI is InChI=1S/C22H17N3O4/c26-14-25(13-15-2-1-11-23-12-15)21-20(16-3-7-18(27)8-4-16)24-29-22(21)17-5-9-19(28)10-6-17/h1-12,14,27-28H,13H2. The second kappa shape index (κ2) is 7.85. The molecular weight excluding hydrogens is 370 g/mol. The van der Waals surface area contributed by atoms with Gasteiger partial charge in [0.05, 0.1) is 6.54 Å². The van der Waals surface area contributed by atoms with Gasteiger partial charge in [-0.2, -0.15) is 0 Å². The number of phenols is 2. The lowest BCUT2D eigenvalue weighted by molar-refractivity contribution is -0.107. The van der Waals surface area contributed by atoms with Gasteiger partial charge in [-0.15, -0.1) is 0 Å². The highest BCUT2D eigenvalue weighted by Gasteiger charge is 2.24. The van der Waals surface area contributed by atoms with Crippen LogP contribution in [0.15, 0.2) is 77.6 Å². The summed E-state index contributed by atoms with van der Waals surface area (Å²) in [7, 11) is 0. The molecule has 7 heteroatoms. The molecule has 0 bridgehead atoms. The van der Waals surface area contributed by atoms with Crippen LogP contribution in [0.2, 0.25) is 0 Å². The summed E-state index contributed by atoms with van der Waals surface area (Å²) >= 11 is 0. The van der Waals surface area contributed by atoms with Gasteiger partial charge >= 0.3 is 0 Å². The third-order valence-corrected chi connectivity index (χ3v) is 4.43. The molecule has 0 radical (unpaired) electrons. The Hall–Kier alpha value is -4.13. The van der Waals surface area contributed by atoms with Crippen molar-refractivity contribution in [3.05, 3.63) is 78.6 Å². The summed E-state index contributed by atoms with van der Waals surface area (Å²) in [5.41, 5.74) is 3.14. The summed E-state index contributed by atoms with van der Waals surface area (Å²) in [6.45, 7) is 0.273. The number of nitrogens with zero attached hydrogens (tertiary/aromatic N) is 3. The zero-order valence-corrected chi connectivity index (χ0v) is 15.3. The van der Waals surface area contributed by atoms with E-state index < -0.39 is 0 Å². The van der Waals surface area contributed by atoms with E-state index in [2.05, 4.69) is 10.1 Å². The fourth-order valence-electron chi connectivity index (χ4n) is 3.02. The van der Waals surface area contributed by atoms with Gasteiger partial charge in [0.2, 0.25) is 6.41 Å². The lowest BCUT2D eigenvalue weighted by Crippen LogP contribution is -2.21. The summed E-state index contributed by atoms with van der Waals surface area (Å²) in [5, 5.41) is 23.4. The average molecular weight is 387 g/mol. The number of carbonyl (C=O) groups excluding carboxylic acids is 1. The van der Waals surface area contributed by atoms with Crippen molar-refractivity contribution >= 4 is 12.1 Å². The quantitative estimate of drug-likeness (QED) is 0.486. The van der Waals surface area contributed by atoms with Crippen LogP contribution in [0.25, 0.3) is 22.6 Å². The van der Waals surface area contributed by atoms with E-state index in [1.165, 1.54) is 17.0 Å². The predicted octanol–water partition coefficient (Wildman–Crippen LogP) is 3.98. The summed E-state index contributed by atoms with van der Waals surface area (Å²) in [4.78, 5) is 17.6. The van der Waals surface area contributed by atoms with E-state index in [9.17, 15) is 15.0 Å². The van der Waals surface area contributed by atoms with Crippen molar-refractivity contribution in [1.29, 1.82) is 0 Å². The third-order valence-electron chi connectivity index (χ3n) is 4.43. The molecule has 0 saturated carbocycles. The second-order valence-corrected chi connectivity index (χ2v) is 6.40. The van der Waals surface area contributed by atoms with Crippen molar-refractivity contribution in [2.75, 3.05) is 4.90 Å². The van der Waals surface area contributed by atoms with E-state index in [-0.39, 0.29) is 18.0 Å². The number of carbonyl (C=O) groups is 1. The van der Waals surface area contributed by atoms with Crippen LogP contribution in [0.3, 0.4) is 0 Å². The Labute approximate surface area is 166 Å². The van der Waals surface area contributed by atoms with E-state index in [1.54, 1.807) is 54.9 Å². The molecule has 2 N–H and O–H groups in total. The summed E-state index contributed by atoms with van der Waals surface area (Å²) in [6, 6.07) is 16.6. The maximum absolute atomic E-state index is 12.0. The highest BCUT2D eigenvalue weighted by atomic mass is 16.5. The molecular formula is C22H17N3O4. The first kappa shape index (κ1) is 18.2. The van der Waals surface area contributed by atoms with Crippen LogP contribution in [0, 0.1) is 0 Å². The second-order valence-electron chi connectivity index (χ2n) is 6.40. The molecule has 2 aromatic carbocycles. The molecule has 144 valence electrons. The first-order valence-electron chi connectivity index (χ1n) is 8.85. The number of phenolic OH excluding ortho intramolecular Hbond substituents is 2. The minimum absolute atomic E-state index is 0.121. The minimum atomic E-state index is 0.121. The molecule has 0 atom stereocenters. The smallest absolute Gasteiger partial charge is 0.214 e. The molecule has 29 heavy (non-hydrogen) atoms. The first-order chi connectivity index (χ1) is 14.2. The molecule has 0 saturated heterocycles. The van der Waals surface area contributed by atoms with Gasteiger partial charge in [0.25, 0.3) is 0 Å². The maximum atomic E-state index is 12.0. The van der Waals surface area contributed by atoms with E-state index in [0.717, 1.165) is 5.56 Å². The summed E-state index contributed by atoms with van der Waals surface area (Å²) < 4.78 is 5.62. The van der Waals surface area contributed by atoms with Gasteiger partial charge in [-0.05, 0) is 60.2 Å². The molecule has 7 nitrogen and oxygen atoms in total. The Balaban J connectivity index is 1.85. The predicted molar refractivity (Wildman–Crippen MR) is 107 cm³/mol. The van der Waals surface area contributed by atoms with Crippen LogP contribution in [0.5, 0.6) is 11.5 Å². The number of benzene rings is 2. The molecule has 2 heterocycles. The molecule has 2 aromatic heterocycles. The van der Waals surface area contributed by atoms with Gasteiger partial charge < -0.3 is 19.6 Å². The monoisotopic (exact) mass is 387 g/mol. The van der Waals surface area contributed by atoms with E-state index in [0.29, 0.717) is 34.7 Å². The minimum Gasteiger partial charge on any atom is -0.508 e. The van der Waals surface area contributed by atoms with Gasteiger partial charge in [0.1, 0.15) is 22.9 Å². The van der Waals surface area contributed by atoms with Crippen LogP contribution < -0.4 is 4.90 Å². The molecule has 0 aliphatic rings. The zero-order chi connectivity index (χ0) is 20.2. The third kappa shape index (κ3) is 3.79. The van der Waals surface area contributed by atoms with Gasteiger partial charge in [0.15, 0.2) is 5.76 Å². The highest BCUT2D eigenvalue weighted by molar-refractivity contribution is 5.93. The number of hydrogen-bond donors (Lipinski definition) is 2. The Kier molecular flexibility index (Phi) is 4.94.